The fourth-order valence-corrected chi connectivity index (χ4v) is 8.69. The van der Waals surface area contributed by atoms with Gasteiger partial charge in [-0.05, 0) is 20.4 Å². The van der Waals surface area contributed by atoms with E-state index in [4.69, 9.17) is 22.2 Å². The van der Waals surface area contributed by atoms with E-state index in [9.17, 15) is 0 Å². The average Bonchev–Trinajstić information content (AvgIpc) is 2.26. The van der Waals surface area contributed by atoms with Gasteiger partial charge in [-0.1, -0.05) is 78.9 Å². The zero-order chi connectivity index (χ0) is 16.0. The van der Waals surface area contributed by atoms with Gasteiger partial charge in [-0.25, -0.2) is 0 Å². The molecule has 0 aliphatic rings. The van der Waals surface area contributed by atoms with Crippen molar-refractivity contribution in [2.24, 2.45) is 0 Å². The Labute approximate surface area is 136 Å². The highest BCUT2D eigenvalue weighted by Gasteiger charge is 2.47. The van der Waals surface area contributed by atoms with Gasteiger partial charge in [-0.15, -0.1) is 0 Å². The van der Waals surface area contributed by atoms with Crippen molar-refractivity contribution in [1.29, 1.82) is 0 Å². The molecule has 0 amide bonds. The van der Waals surface area contributed by atoms with Crippen molar-refractivity contribution < 1.29 is 0 Å². The highest BCUT2D eigenvalue weighted by molar-refractivity contribution is 7.34. The molecule has 0 nitrogen and oxygen atoms in total. The summed E-state index contributed by atoms with van der Waals surface area (Å²) in [5.41, 5.74) is 0. The van der Waals surface area contributed by atoms with E-state index in [1.54, 1.807) is 0 Å². The third-order valence-electron chi connectivity index (χ3n) is 4.76. The topological polar surface area (TPSA) is 0 Å². The van der Waals surface area contributed by atoms with Crippen LogP contribution in [0.15, 0.2) is 24.3 Å². The quantitative estimate of drug-likeness (QED) is 0.501. The predicted molar refractivity (Wildman–Crippen MR) is 100 cm³/mol. The van der Waals surface area contributed by atoms with Crippen molar-refractivity contribution in [1.82, 2.24) is 0 Å². The van der Waals surface area contributed by atoms with Gasteiger partial charge < -0.3 is 0 Å². The summed E-state index contributed by atoms with van der Waals surface area (Å²) in [6.45, 7) is 18.0. The maximum atomic E-state index is 7.10. The lowest BCUT2D eigenvalue weighted by Gasteiger charge is -2.41. The summed E-state index contributed by atoms with van der Waals surface area (Å²) in [5, 5.41) is 2.86. The second-order valence-electron chi connectivity index (χ2n) is 8.05. The second kappa shape index (κ2) is 5.46. The summed E-state index contributed by atoms with van der Waals surface area (Å²) in [6, 6.07) is 8.61. The smallest absolute Gasteiger partial charge is 0.161 e. The molecule has 0 radical (unpaired) electrons. The van der Waals surface area contributed by atoms with Crippen LogP contribution < -0.4 is 10.4 Å². The molecule has 0 heterocycles. The van der Waals surface area contributed by atoms with Crippen LogP contribution in [-0.2, 0) is 0 Å². The van der Waals surface area contributed by atoms with Crippen LogP contribution in [0.2, 0.25) is 23.2 Å². The molecule has 0 saturated carbocycles. The van der Waals surface area contributed by atoms with E-state index in [1.165, 1.54) is 10.4 Å². The number of hydrogen-bond acceptors (Lipinski definition) is 0. The molecule has 0 bridgehead atoms. The Hall–Kier alpha value is 0.234. The third kappa shape index (κ3) is 3.19. The molecule has 1 aromatic carbocycles. The van der Waals surface area contributed by atoms with Gasteiger partial charge in [0, 0.05) is 0 Å². The molecular formula is C16H28Cl2Si2. The van der Waals surface area contributed by atoms with Crippen molar-refractivity contribution in [2.75, 3.05) is 0 Å². The third-order valence-corrected chi connectivity index (χ3v) is 18.2. The summed E-state index contributed by atoms with van der Waals surface area (Å²) >= 11 is 14.2. The van der Waals surface area contributed by atoms with Crippen LogP contribution in [-0.4, -0.2) is 14.8 Å². The first-order valence-corrected chi connectivity index (χ1v) is 14.2. The lowest BCUT2D eigenvalue weighted by Crippen LogP contribution is -2.62. The average molecular weight is 347 g/mol. The summed E-state index contributed by atoms with van der Waals surface area (Å²) in [5.74, 6) is 0. The molecule has 2 atom stereocenters. The Morgan fingerprint density at radius 2 is 0.950 bits per heavy atom. The van der Waals surface area contributed by atoms with E-state index < -0.39 is 14.8 Å². The first-order chi connectivity index (χ1) is 8.73. The van der Waals surface area contributed by atoms with Crippen LogP contribution in [0.5, 0.6) is 0 Å². The molecule has 0 aromatic heterocycles. The molecule has 1 aromatic rings. The van der Waals surface area contributed by atoms with Crippen LogP contribution in [0.1, 0.15) is 41.5 Å². The molecule has 0 aliphatic heterocycles. The molecule has 1 rings (SSSR count). The highest BCUT2D eigenvalue weighted by Crippen LogP contribution is 2.41. The number of hydrogen-bond donors (Lipinski definition) is 0. The fraction of sp³-hybridized carbons (Fsp3) is 0.625. The molecule has 20 heavy (non-hydrogen) atoms. The zero-order valence-corrected chi connectivity index (χ0v) is 17.6. The van der Waals surface area contributed by atoms with Crippen LogP contribution in [0.4, 0.5) is 0 Å². The summed E-state index contributed by atoms with van der Waals surface area (Å²) in [4.78, 5) is 0. The maximum absolute atomic E-state index is 7.10. The summed E-state index contributed by atoms with van der Waals surface area (Å²) in [7, 11) is -4.18. The molecule has 0 saturated heterocycles. The van der Waals surface area contributed by atoms with Gasteiger partial charge in [0.2, 0.25) is 0 Å². The minimum absolute atomic E-state index is 0.101. The van der Waals surface area contributed by atoms with Crippen molar-refractivity contribution in [3.8, 4) is 0 Å². The Bertz CT molecular complexity index is 435. The molecule has 114 valence electrons. The van der Waals surface area contributed by atoms with Gasteiger partial charge in [0.15, 0.2) is 14.8 Å². The lowest BCUT2D eigenvalue weighted by molar-refractivity contribution is 0.737. The van der Waals surface area contributed by atoms with Crippen molar-refractivity contribution in [3.63, 3.8) is 0 Å². The molecule has 4 heteroatoms. The Morgan fingerprint density at radius 1 is 0.700 bits per heavy atom. The number of benzene rings is 1. The summed E-state index contributed by atoms with van der Waals surface area (Å²) in [6.07, 6.45) is 0. The van der Waals surface area contributed by atoms with E-state index in [-0.39, 0.29) is 10.1 Å². The van der Waals surface area contributed by atoms with E-state index in [0.717, 1.165) is 0 Å². The number of rotatable bonds is 2. The van der Waals surface area contributed by atoms with E-state index in [2.05, 4.69) is 78.9 Å². The molecule has 0 spiro atoms. The highest BCUT2D eigenvalue weighted by atomic mass is 35.6. The number of halogens is 2. The zero-order valence-electron chi connectivity index (χ0n) is 14.1. The van der Waals surface area contributed by atoms with Gasteiger partial charge in [-0.2, -0.15) is 22.2 Å². The first-order valence-electron chi connectivity index (χ1n) is 7.21. The predicted octanol–water partition coefficient (Wildman–Crippen LogP) is 5.33. The molecule has 0 aliphatic carbocycles. The van der Waals surface area contributed by atoms with Crippen LogP contribution in [0, 0.1) is 0 Å². The van der Waals surface area contributed by atoms with Gasteiger partial charge >= 0.3 is 0 Å². The molecule has 2 unspecified atom stereocenters. The van der Waals surface area contributed by atoms with Crippen molar-refractivity contribution >= 4 is 47.3 Å². The van der Waals surface area contributed by atoms with Gasteiger partial charge in [0.25, 0.3) is 0 Å². The minimum atomic E-state index is -2.09. The monoisotopic (exact) mass is 346 g/mol. The fourth-order valence-electron chi connectivity index (χ4n) is 2.11. The van der Waals surface area contributed by atoms with E-state index in [1.807, 2.05) is 0 Å². The van der Waals surface area contributed by atoms with Crippen LogP contribution in [0.25, 0.3) is 0 Å². The lowest BCUT2D eigenvalue weighted by atomic mass is 10.2. The van der Waals surface area contributed by atoms with Gasteiger partial charge in [0.1, 0.15) is 0 Å². The van der Waals surface area contributed by atoms with Gasteiger partial charge in [-0.3, -0.25) is 0 Å². The van der Waals surface area contributed by atoms with E-state index >= 15 is 0 Å². The van der Waals surface area contributed by atoms with Gasteiger partial charge in [0.05, 0.1) is 0 Å². The summed E-state index contributed by atoms with van der Waals surface area (Å²) < 4.78 is 0. The largest absolute Gasteiger partial charge is 0.189 e. The van der Waals surface area contributed by atoms with Crippen LogP contribution in [0.3, 0.4) is 0 Å². The molecule has 0 fully saturated rings. The molecule has 0 N–H and O–H groups in total. The Morgan fingerprint density at radius 3 is 1.15 bits per heavy atom. The van der Waals surface area contributed by atoms with Crippen LogP contribution >= 0.6 is 22.2 Å². The van der Waals surface area contributed by atoms with Crippen molar-refractivity contribution in [3.05, 3.63) is 24.3 Å². The molecular weight excluding hydrogens is 319 g/mol. The van der Waals surface area contributed by atoms with Crippen molar-refractivity contribution in [2.45, 2.75) is 64.7 Å². The first kappa shape index (κ1) is 18.3. The SMILES string of the molecule is CC(C)(C)[Si](C)(Cl)c1ccccc1[Si](C)(Cl)C(C)(C)C. The second-order valence-corrected chi connectivity index (χ2v) is 20.7. The standard InChI is InChI=1S/C16H28Cl2Si2/c1-15(2,3)19(7,17)13-11-9-10-12-14(13)20(8,18)16(4,5)6/h9-12H,1-8H3. The minimum Gasteiger partial charge on any atom is -0.161 e. The van der Waals surface area contributed by atoms with E-state index in [0.29, 0.717) is 0 Å². The Kier molecular flexibility index (Phi) is 4.99. The Balaban J connectivity index is 3.55. The maximum Gasteiger partial charge on any atom is 0.189 e. The normalized spacial score (nSPS) is 19.3.